The molecule has 1 atom stereocenters. The molecule has 1 aromatic heterocycles. The zero-order chi connectivity index (χ0) is 27.2. The van der Waals surface area contributed by atoms with Crippen molar-refractivity contribution in [3.05, 3.63) is 84.5 Å². The summed E-state index contributed by atoms with van der Waals surface area (Å²) in [5.74, 6) is 1.30. The van der Waals surface area contributed by atoms with Crippen LogP contribution in [-0.4, -0.2) is 51.7 Å². The molecule has 200 valence electrons. The minimum atomic E-state index is -0.718. The van der Waals surface area contributed by atoms with E-state index < -0.39 is 12.0 Å². The monoisotopic (exact) mass is 538 g/mol. The fourth-order valence-corrected chi connectivity index (χ4v) is 5.25. The first-order valence-electron chi connectivity index (χ1n) is 12.0. The van der Waals surface area contributed by atoms with E-state index in [9.17, 15) is 9.59 Å². The molecule has 3 aromatic rings. The Morgan fingerprint density at radius 3 is 2.45 bits per heavy atom. The summed E-state index contributed by atoms with van der Waals surface area (Å²) in [7, 11) is 4.66. The number of hydrogen-bond donors (Lipinski definition) is 0. The molecule has 0 saturated heterocycles. The second kappa shape index (κ2) is 12.1. The van der Waals surface area contributed by atoms with E-state index in [4.69, 9.17) is 23.7 Å². The Morgan fingerprint density at radius 1 is 1.05 bits per heavy atom. The second-order valence-electron chi connectivity index (χ2n) is 8.33. The third-order valence-electron chi connectivity index (χ3n) is 5.97. The summed E-state index contributed by atoms with van der Waals surface area (Å²) in [5, 5.41) is 0. The zero-order valence-corrected chi connectivity index (χ0v) is 22.8. The first-order chi connectivity index (χ1) is 18.4. The maximum Gasteiger partial charge on any atom is 0.338 e. The van der Waals surface area contributed by atoms with Gasteiger partial charge in [-0.15, -0.1) is 0 Å². The van der Waals surface area contributed by atoms with E-state index in [1.54, 1.807) is 43.9 Å². The second-order valence-corrected chi connectivity index (χ2v) is 9.34. The van der Waals surface area contributed by atoms with Crippen LogP contribution < -0.4 is 29.1 Å². The molecule has 0 fully saturated rings. The Morgan fingerprint density at radius 2 is 1.79 bits per heavy atom. The number of benzene rings is 2. The molecule has 9 nitrogen and oxygen atoms in total. The number of fused-ring (bicyclic) bond motifs is 1. The Hall–Kier alpha value is -3.89. The van der Waals surface area contributed by atoms with E-state index >= 15 is 0 Å². The summed E-state index contributed by atoms with van der Waals surface area (Å²) < 4.78 is 28.8. The number of rotatable bonds is 10. The summed E-state index contributed by atoms with van der Waals surface area (Å²) in [4.78, 5) is 32.1. The van der Waals surface area contributed by atoms with Gasteiger partial charge in [-0.2, -0.15) is 0 Å². The molecule has 0 spiro atoms. The number of thiazole rings is 1. The molecular weight excluding hydrogens is 508 g/mol. The predicted octanol–water partition coefficient (Wildman–Crippen LogP) is 2.84. The fraction of sp³-hybridized carbons (Fsp3) is 0.321. The van der Waals surface area contributed by atoms with Crippen molar-refractivity contribution in [1.29, 1.82) is 0 Å². The van der Waals surface area contributed by atoms with E-state index in [-0.39, 0.29) is 18.8 Å². The van der Waals surface area contributed by atoms with Crippen LogP contribution >= 0.6 is 11.3 Å². The summed E-state index contributed by atoms with van der Waals surface area (Å²) in [6.07, 6.45) is 1.77. The number of allylic oxidation sites excluding steroid dienone is 1. The Kier molecular flexibility index (Phi) is 8.65. The van der Waals surface area contributed by atoms with Crippen LogP contribution in [-0.2, 0) is 14.3 Å². The van der Waals surface area contributed by atoms with Gasteiger partial charge in [-0.1, -0.05) is 29.5 Å². The van der Waals surface area contributed by atoms with Gasteiger partial charge in [0.1, 0.15) is 12.4 Å². The highest BCUT2D eigenvalue weighted by molar-refractivity contribution is 7.07. The molecule has 0 aliphatic carbocycles. The molecule has 1 aliphatic rings. The number of methoxy groups -OCH3 is 3. The number of aromatic nitrogens is 1. The van der Waals surface area contributed by atoms with Crippen molar-refractivity contribution in [3.8, 4) is 17.2 Å². The quantitative estimate of drug-likeness (QED) is 0.289. The smallest absolute Gasteiger partial charge is 0.338 e. The van der Waals surface area contributed by atoms with E-state index in [1.807, 2.05) is 37.3 Å². The summed E-state index contributed by atoms with van der Waals surface area (Å²) in [5.41, 5.74) is 2.03. The zero-order valence-electron chi connectivity index (χ0n) is 22.0. The van der Waals surface area contributed by atoms with Crippen LogP contribution in [0.25, 0.3) is 6.08 Å². The normalized spacial score (nSPS) is 15.1. The van der Waals surface area contributed by atoms with Gasteiger partial charge in [0.15, 0.2) is 16.3 Å². The number of esters is 1. The van der Waals surface area contributed by atoms with Gasteiger partial charge in [0.25, 0.3) is 5.56 Å². The largest absolute Gasteiger partial charge is 0.494 e. The van der Waals surface area contributed by atoms with Crippen molar-refractivity contribution in [1.82, 2.24) is 4.57 Å². The number of carbonyl (C=O) groups excluding carboxylic acids is 1. The topological polar surface area (TPSA) is 97.6 Å². The predicted molar refractivity (Wildman–Crippen MR) is 144 cm³/mol. The van der Waals surface area contributed by atoms with Gasteiger partial charge >= 0.3 is 5.97 Å². The van der Waals surface area contributed by atoms with Gasteiger partial charge in [0, 0.05) is 7.11 Å². The molecule has 0 radical (unpaired) electrons. The summed E-state index contributed by atoms with van der Waals surface area (Å²) >= 11 is 1.25. The third kappa shape index (κ3) is 5.51. The van der Waals surface area contributed by atoms with Crippen molar-refractivity contribution in [3.63, 3.8) is 0 Å². The van der Waals surface area contributed by atoms with Gasteiger partial charge in [-0.05, 0) is 55.3 Å². The highest BCUT2D eigenvalue weighted by Gasteiger charge is 2.33. The summed E-state index contributed by atoms with van der Waals surface area (Å²) in [6, 6.07) is 12.0. The lowest BCUT2D eigenvalue weighted by Gasteiger charge is -2.25. The Balaban J connectivity index is 1.86. The highest BCUT2D eigenvalue weighted by atomic mass is 32.1. The molecule has 4 rings (SSSR count). The van der Waals surface area contributed by atoms with Gasteiger partial charge in [-0.25, -0.2) is 9.79 Å². The first kappa shape index (κ1) is 27.2. The van der Waals surface area contributed by atoms with E-state index in [0.29, 0.717) is 44.5 Å². The summed E-state index contributed by atoms with van der Waals surface area (Å²) in [6.45, 7) is 4.54. The lowest BCUT2D eigenvalue weighted by atomic mass is 9.96. The van der Waals surface area contributed by atoms with Crippen molar-refractivity contribution in [2.75, 3.05) is 41.2 Å². The fourth-order valence-electron chi connectivity index (χ4n) is 4.20. The number of carbonyl (C=O) groups is 1. The molecule has 1 aliphatic heterocycles. The van der Waals surface area contributed by atoms with Crippen molar-refractivity contribution in [2.45, 2.75) is 19.9 Å². The molecule has 2 aromatic carbocycles. The Bertz CT molecular complexity index is 1520. The number of ether oxygens (including phenoxy) is 5. The van der Waals surface area contributed by atoms with Crippen molar-refractivity contribution in [2.24, 2.45) is 4.99 Å². The lowest BCUT2D eigenvalue weighted by molar-refractivity contribution is -0.140. The van der Waals surface area contributed by atoms with Crippen LogP contribution in [0, 0.1) is 0 Å². The first-order valence-corrected chi connectivity index (χ1v) is 12.9. The van der Waals surface area contributed by atoms with Crippen molar-refractivity contribution < 1.29 is 28.5 Å². The average molecular weight is 539 g/mol. The molecule has 0 N–H and O–H groups in total. The van der Waals surface area contributed by atoms with Crippen LogP contribution in [0.4, 0.5) is 0 Å². The molecular formula is C28H30N2O7S. The van der Waals surface area contributed by atoms with E-state index in [0.717, 1.165) is 11.1 Å². The molecule has 0 amide bonds. The standard InChI is InChI=1S/C28H30N2O7S/c1-6-36-20-10-8-19(9-11-20)25-24(27(32)37-14-13-33-3)17(2)29-28-30(25)26(31)23(38-28)16-18-7-12-21(34-4)22(15-18)35-5/h7-12,15-16,25H,6,13-14H2,1-5H3. The SMILES string of the molecule is CCOc1ccc(C2C(C(=O)OCCOC)=C(C)N=c3sc(=Cc4ccc(OC)c(OC)c4)c(=O)n32)cc1. The average Bonchev–Trinajstić information content (AvgIpc) is 3.22. The minimum Gasteiger partial charge on any atom is -0.494 e. The third-order valence-corrected chi connectivity index (χ3v) is 6.96. The highest BCUT2D eigenvalue weighted by Crippen LogP contribution is 2.32. The van der Waals surface area contributed by atoms with E-state index in [2.05, 4.69) is 4.99 Å². The molecule has 10 heteroatoms. The van der Waals surface area contributed by atoms with Crippen LogP contribution in [0.15, 0.2) is 63.5 Å². The minimum absolute atomic E-state index is 0.0891. The lowest BCUT2D eigenvalue weighted by Crippen LogP contribution is -2.40. The number of nitrogens with zero attached hydrogens (tertiary/aromatic N) is 2. The molecule has 0 saturated carbocycles. The van der Waals surface area contributed by atoms with Crippen LogP contribution in [0.1, 0.15) is 31.0 Å². The maximum atomic E-state index is 13.8. The molecule has 1 unspecified atom stereocenters. The van der Waals surface area contributed by atoms with Crippen LogP contribution in [0.5, 0.6) is 17.2 Å². The maximum absolute atomic E-state index is 13.8. The van der Waals surface area contributed by atoms with Gasteiger partial charge in [0.05, 0.1) is 49.3 Å². The van der Waals surface area contributed by atoms with Crippen LogP contribution in [0.2, 0.25) is 0 Å². The van der Waals surface area contributed by atoms with Crippen LogP contribution in [0.3, 0.4) is 0 Å². The van der Waals surface area contributed by atoms with Gasteiger partial charge < -0.3 is 23.7 Å². The Labute approximate surface area is 224 Å². The van der Waals surface area contributed by atoms with Gasteiger partial charge in [0.2, 0.25) is 0 Å². The van der Waals surface area contributed by atoms with Gasteiger partial charge in [-0.3, -0.25) is 9.36 Å². The molecule has 38 heavy (non-hydrogen) atoms. The molecule has 2 heterocycles. The van der Waals surface area contributed by atoms with E-state index in [1.165, 1.54) is 18.4 Å². The molecule has 0 bridgehead atoms. The number of hydrogen-bond acceptors (Lipinski definition) is 9. The van der Waals surface area contributed by atoms with Crippen molar-refractivity contribution >= 4 is 23.4 Å².